The number of carbonyl (C=O) groups is 2. The number of ether oxygens (including phenoxy) is 1. The van der Waals surface area contributed by atoms with Crippen LogP contribution in [0.2, 0.25) is 0 Å². The lowest BCUT2D eigenvalue weighted by Crippen LogP contribution is -2.29. The van der Waals surface area contributed by atoms with E-state index in [9.17, 15) is 14.7 Å². The van der Waals surface area contributed by atoms with E-state index in [1.807, 2.05) is 18.2 Å². The number of aliphatic hydroxyl groups is 1. The standard InChI is InChI=1S/C27H27N3O4/c1-27(2,3)18-8-9-21(34-4)20(15-18)24(31)22-23(17-10-13-28-14-11-17)30(26(33)25(22)32)16-19-7-5-6-12-29-19/h5-15,23,31H,16H2,1-4H3/b24-22+. The first-order chi connectivity index (χ1) is 16.2. The van der Waals surface area contributed by atoms with E-state index in [2.05, 4.69) is 30.7 Å². The van der Waals surface area contributed by atoms with Gasteiger partial charge >= 0.3 is 0 Å². The molecule has 0 radical (unpaired) electrons. The highest BCUT2D eigenvalue weighted by Crippen LogP contribution is 2.42. The van der Waals surface area contributed by atoms with Crippen molar-refractivity contribution in [2.75, 3.05) is 7.11 Å². The number of carbonyl (C=O) groups excluding carboxylic acids is 2. The molecule has 1 fully saturated rings. The molecule has 0 spiro atoms. The van der Waals surface area contributed by atoms with Crippen molar-refractivity contribution in [2.45, 2.75) is 38.8 Å². The molecule has 0 aliphatic carbocycles. The second kappa shape index (κ2) is 9.09. The summed E-state index contributed by atoms with van der Waals surface area (Å²) in [5, 5.41) is 11.5. The summed E-state index contributed by atoms with van der Waals surface area (Å²) in [6.45, 7) is 6.29. The second-order valence-electron chi connectivity index (χ2n) is 9.19. The van der Waals surface area contributed by atoms with E-state index in [0.717, 1.165) is 5.56 Å². The molecule has 3 aromatic rings. The molecule has 7 heteroatoms. The van der Waals surface area contributed by atoms with Crippen molar-refractivity contribution in [3.05, 3.63) is 95.1 Å². The molecule has 174 valence electrons. The first kappa shape index (κ1) is 23.2. The van der Waals surface area contributed by atoms with Crippen LogP contribution in [0.5, 0.6) is 5.75 Å². The number of Topliss-reactive ketones (excluding diaryl/α,β-unsaturated/α-hetero) is 1. The maximum Gasteiger partial charge on any atom is 0.296 e. The van der Waals surface area contributed by atoms with E-state index < -0.39 is 17.7 Å². The van der Waals surface area contributed by atoms with Gasteiger partial charge in [0, 0.05) is 18.6 Å². The highest BCUT2D eigenvalue weighted by atomic mass is 16.5. The lowest BCUT2D eigenvalue weighted by atomic mass is 9.85. The molecule has 7 nitrogen and oxygen atoms in total. The van der Waals surface area contributed by atoms with Crippen LogP contribution in [-0.4, -0.2) is 38.8 Å². The third kappa shape index (κ3) is 4.29. The maximum atomic E-state index is 13.3. The third-order valence-electron chi connectivity index (χ3n) is 5.94. The number of methoxy groups -OCH3 is 1. The van der Waals surface area contributed by atoms with Gasteiger partial charge in [-0.05, 0) is 52.9 Å². The number of rotatable bonds is 5. The largest absolute Gasteiger partial charge is 0.507 e. The van der Waals surface area contributed by atoms with Crippen molar-refractivity contribution in [3.63, 3.8) is 0 Å². The zero-order valence-corrected chi connectivity index (χ0v) is 19.6. The van der Waals surface area contributed by atoms with Crippen molar-refractivity contribution in [1.82, 2.24) is 14.9 Å². The second-order valence-corrected chi connectivity index (χ2v) is 9.19. The number of benzene rings is 1. The van der Waals surface area contributed by atoms with Crippen LogP contribution in [0.3, 0.4) is 0 Å². The predicted octanol–water partition coefficient (Wildman–Crippen LogP) is 4.40. The van der Waals surface area contributed by atoms with Crippen molar-refractivity contribution in [1.29, 1.82) is 0 Å². The molecule has 34 heavy (non-hydrogen) atoms. The molecule has 1 amide bonds. The van der Waals surface area contributed by atoms with Crippen LogP contribution in [0.25, 0.3) is 5.76 Å². The average Bonchev–Trinajstić information content (AvgIpc) is 3.08. The van der Waals surface area contributed by atoms with Gasteiger partial charge in [-0.25, -0.2) is 0 Å². The molecule has 1 aliphatic heterocycles. The van der Waals surface area contributed by atoms with Crippen LogP contribution in [0.15, 0.2) is 72.7 Å². The number of amides is 1. The molecule has 1 aromatic carbocycles. The van der Waals surface area contributed by atoms with Gasteiger partial charge in [-0.3, -0.25) is 19.6 Å². The van der Waals surface area contributed by atoms with E-state index >= 15 is 0 Å². The van der Waals surface area contributed by atoms with Gasteiger partial charge in [-0.15, -0.1) is 0 Å². The zero-order chi connectivity index (χ0) is 24.5. The molecule has 1 aliphatic rings. The summed E-state index contributed by atoms with van der Waals surface area (Å²) in [6, 6.07) is 13.6. The minimum absolute atomic E-state index is 0.0106. The van der Waals surface area contributed by atoms with Gasteiger partial charge in [0.05, 0.1) is 36.5 Å². The van der Waals surface area contributed by atoms with E-state index in [1.165, 1.54) is 12.0 Å². The van der Waals surface area contributed by atoms with Gasteiger partial charge in [0.25, 0.3) is 11.7 Å². The summed E-state index contributed by atoms with van der Waals surface area (Å²) in [6.07, 6.45) is 4.82. The number of nitrogens with zero attached hydrogens (tertiary/aromatic N) is 3. The van der Waals surface area contributed by atoms with E-state index in [4.69, 9.17) is 4.74 Å². The number of hydrogen-bond donors (Lipinski definition) is 1. The Morgan fingerprint density at radius 3 is 2.41 bits per heavy atom. The number of likely N-dealkylation sites (tertiary alicyclic amines) is 1. The van der Waals surface area contributed by atoms with Crippen molar-refractivity contribution >= 4 is 17.4 Å². The normalized spacial score (nSPS) is 17.8. The van der Waals surface area contributed by atoms with Crippen LogP contribution in [0, 0.1) is 0 Å². The van der Waals surface area contributed by atoms with Gasteiger partial charge in [-0.2, -0.15) is 0 Å². The SMILES string of the molecule is COc1ccc(C(C)(C)C)cc1/C(O)=C1\C(=O)C(=O)N(Cc2ccccn2)C1c1ccncc1. The Hall–Kier alpha value is -4.00. The predicted molar refractivity (Wildman–Crippen MR) is 128 cm³/mol. The maximum absolute atomic E-state index is 13.3. The lowest BCUT2D eigenvalue weighted by molar-refractivity contribution is -0.140. The Labute approximate surface area is 198 Å². The van der Waals surface area contributed by atoms with Crippen LogP contribution in [0.1, 0.15) is 49.2 Å². The van der Waals surface area contributed by atoms with Gasteiger partial charge in [-0.1, -0.05) is 32.9 Å². The first-order valence-electron chi connectivity index (χ1n) is 11.0. The molecule has 1 saturated heterocycles. The minimum atomic E-state index is -0.798. The number of hydrogen-bond acceptors (Lipinski definition) is 6. The Kier molecular flexibility index (Phi) is 6.20. The molecule has 2 aromatic heterocycles. The van der Waals surface area contributed by atoms with Crippen molar-refractivity contribution in [3.8, 4) is 5.75 Å². The summed E-state index contributed by atoms with van der Waals surface area (Å²) >= 11 is 0. The van der Waals surface area contributed by atoms with Gasteiger partial charge in [0.2, 0.25) is 0 Å². The van der Waals surface area contributed by atoms with Crippen LogP contribution >= 0.6 is 0 Å². The lowest BCUT2D eigenvalue weighted by Gasteiger charge is -2.25. The van der Waals surface area contributed by atoms with Crippen LogP contribution < -0.4 is 4.74 Å². The van der Waals surface area contributed by atoms with E-state index in [-0.39, 0.29) is 23.3 Å². The molecule has 0 saturated carbocycles. The number of aromatic nitrogens is 2. The van der Waals surface area contributed by atoms with E-state index in [0.29, 0.717) is 22.6 Å². The molecule has 3 heterocycles. The van der Waals surface area contributed by atoms with Gasteiger partial charge in [0.1, 0.15) is 11.5 Å². The zero-order valence-electron chi connectivity index (χ0n) is 19.6. The summed E-state index contributed by atoms with van der Waals surface area (Å²) < 4.78 is 5.50. The Morgan fingerprint density at radius 1 is 1.06 bits per heavy atom. The molecule has 4 rings (SSSR count). The molecule has 1 N–H and O–H groups in total. The summed E-state index contributed by atoms with van der Waals surface area (Å²) in [7, 11) is 1.50. The highest BCUT2D eigenvalue weighted by Gasteiger charge is 2.46. The fraction of sp³-hybridized carbons (Fsp3) is 0.259. The Balaban J connectivity index is 1.91. The Bertz CT molecular complexity index is 1250. The molecular weight excluding hydrogens is 430 g/mol. The van der Waals surface area contributed by atoms with Crippen LogP contribution in [-0.2, 0) is 21.5 Å². The fourth-order valence-electron chi connectivity index (χ4n) is 4.11. The van der Waals surface area contributed by atoms with Gasteiger partial charge in [0.15, 0.2) is 0 Å². The number of ketones is 1. The summed E-state index contributed by atoms with van der Waals surface area (Å²) in [5.74, 6) is -1.31. The number of pyridine rings is 2. The van der Waals surface area contributed by atoms with Crippen LogP contribution in [0.4, 0.5) is 0 Å². The molecule has 0 bridgehead atoms. The molecular formula is C27H27N3O4. The third-order valence-corrected chi connectivity index (χ3v) is 5.94. The van der Waals surface area contributed by atoms with Crippen molar-refractivity contribution in [2.24, 2.45) is 0 Å². The van der Waals surface area contributed by atoms with E-state index in [1.54, 1.807) is 48.9 Å². The summed E-state index contributed by atoms with van der Waals surface area (Å²) in [4.78, 5) is 36.3. The fourth-order valence-corrected chi connectivity index (χ4v) is 4.11. The highest BCUT2D eigenvalue weighted by molar-refractivity contribution is 6.46. The topological polar surface area (TPSA) is 92.6 Å². The first-order valence-corrected chi connectivity index (χ1v) is 11.0. The average molecular weight is 458 g/mol. The Morgan fingerprint density at radius 2 is 1.79 bits per heavy atom. The minimum Gasteiger partial charge on any atom is -0.507 e. The quantitative estimate of drug-likeness (QED) is 0.347. The summed E-state index contributed by atoms with van der Waals surface area (Å²) in [5.41, 5.74) is 2.43. The molecule has 1 atom stereocenters. The monoisotopic (exact) mass is 457 g/mol. The molecule has 1 unspecified atom stereocenters. The number of aliphatic hydroxyl groups excluding tert-OH is 1. The smallest absolute Gasteiger partial charge is 0.296 e. The van der Waals surface area contributed by atoms with Gasteiger partial charge < -0.3 is 14.7 Å². The van der Waals surface area contributed by atoms with Crippen molar-refractivity contribution < 1.29 is 19.4 Å².